The van der Waals surface area contributed by atoms with E-state index in [1.807, 2.05) is 0 Å². The summed E-state index contributed by atoms with van der Waals surface area (Å²) in [6.45, 7) is -0.404. The fourth-order valence-corrected chi connectivity index (χ4v) is 2.20. The van der Waals surface area contributed by atoms with Crippen molar-refractivity contribution in [1.82, 2.24) is 4.72 Å². The number of hydrogen-bond acceptors (Lipinski definition) is 4. The quantitative estimate of drug-likeness (QED) is 0.786. The molecular formula is C10H15ClF2N2O3S. The predicted octanol–water partition coefficient (Wildman–Crippen LogP) is 0.989. The maximum Gasteiger partial charge on any atom is 0.272 e. The van der Waals surface area contributed by atoms with Gasteiger partial charge in [0.15, 0.2) is 0 Å². The topological polar surface area (TPSA) is 81.4 Å². The van der Waals surface area contributed by atoms with Crippen molar-refractivity contribution in [1.29, 1.82) is 0 Å². The fourth-order valence-electron chi connectivity index (χ4n) is 1.15. The third-order valence-corrected chi connectivity index (χ3v) is 3.42. The van der Waals surface area contributed by atoms with Gasteiger partial charge in [-0.1, -0.05) is 0 Å². The van der Waals surface area contributed by atoms with E-state index in [4.69, 9.17) is 10.5 Å². The predicted molar refractivity (Wildman–Crippen MR) is 69.4 cm³/mol. The molecule has 1 aromatic rings. The summed E-state index contributed by atoms with van der Waals surface area (Å²) in [5.74, 6) is 0.188. The summed E-state index contributed by atoms with van der Waals surface area (Å²) in [6.07, 6.45) is -2.57. The highest BCUT2D eigenvalue weighted by atomic mass is 35.5. The van der Waals surface area contributed by atoms with E-state index in [0.29, 0.717) is 0 Å². The van der Waals surface area contributed by atoms with Crippen LogP contribution in [0.1, 0.15) is 0 Å². The lowest BCUT2D eigenvalue weighted by Gasteiger charge is -2.08. The summed E-state index contributed by atoms with van der Waals surface area (Å²) in [5, 5.41) is 0. The zero-order valence-corrected chi connectivity index (χ0v) is 11.5. The van der Waals surface area contributed by atoms with Gasteiger partial charge >= 0.3 is 0 Å². The Bertz CT molecular complexity index is 468. The fraction of sp³-hybridized carbons (Fsp3) is 0.400. The molecule has 0 aliphatic carbocycles. The molecule has 3 N–H and O–H groups in total. The highest BCUT2D eigenvalue weighted by molar-refractivity contribution is 7.89. The van der Waals surface area contributed by atoms with Crippen molar-refractivity contribution >= 4 is 22.4 Å². The smallest absolute Gasteiger partial charge is 0.272 e. The minimum Gasteiger partial charge on any atom is -0.488 e. The molecule has 1 rings (SSSR count). The molecular weight excluding hydrogens is 302 g/mol. The SMILES string of the molecule is Cl.NCCNS(=O)(=O)c1ccc(OCC(F)F)cc1. The molecule has 0 saturated carbocycles. The van der Waals surface area contributed by atoms with Gasteiger partial charge in [-0.15, -0.1) is 12.4 Å². The van der Waals surface area contributed by atoms with Crippen molar-refractivity contribution in [2.24, 2.45) is 5.73 Å². The van der Waals surface area contributed by atoms with Gasteiger partial charge in [-0.05, 0) is 24.3 Å². The second kappa shape index (κ2) is 8.26. The standard InChI is InChI=1S/C10H14F2N2O3S.ClH/c11-10(12)7-17-8-1-3-9(4-2-8)18(15,16)14-6-5-13;/h1-4,10,14H,5-7,13H2;1H. The normalized spacial score (nSPS) is 11.2. The lowest BCUT2D eigenvalue weighted by molar-refractivity contribution is 0.0819. The van der Waals surface area contributed by atoms with E-state index in [-0.39, 0.29) is 36.1 Å². The maximum absolute atomic E-state index is 11.9. The largest absolute Gasteiger partial charge is 0.488 e. The minimum absolute atomic E-state index is 0. The van der Waals surface area contributed by atoms with Crippen LogP contribution in [0.5, 0.6) is 5.75 Å². The van der Waals surface area contributed by atoms with E-state index in [0.717, 1.165) is 0 Å². The van der Waals surface area contributed by atoms with Crippen molar-refractivity contribution in [3.8, 4) is 5.75 Å². The van der Waals surface area contributed by atoms with Crippen LogP contribution in [0, 0.1) is 0 Å². The van der Waals surface area contributed by atoms with Gasteiger partial charge in [0.2, 0.25) is 10.0 Å². The molecule has 0 spiro atoms. The molecule has 9 heteroatoms. The van der Waals surface area contributed by atoms with E-state index >= 15 is 0 Å². The molecule has 0 fully saturated rings. The van der Waals surface area contributed by atoms with Crippen LogP contribution >= 0.6 is 12.4 Å². The van der Waals surface area contributed by atoms with Crippen molar-refractivity contribution in [2.45, 2.75) is 11.3 Å². The number of halogens is 3. The molecule has 0 heterocycles. The van der Waals surface area contributed by atoms with Gasteiger partial charge < -0.3 is 10.5 Å². The van der Waals surface area contributed by atoms with Gasteiger partial charge in [-0.3, -0.25) is 0 Å². The number of hydrogen-bond donors (Lipinski definition) is 2. The zero-order chi connectivity index (χ0) is 13.6. The summed E-state index contributed by atoms with van der Waals surface area (Å²) >= 11 is 0. The Labute approximate surface area is 116 Å². The van der Waals surface area contributed by atoms with Crippen LogP contribution in [0.2, 0.25) is 0 Å². The Morgan fingerprint density at radius 1 is 1.26 bits per heavy atom. The van der Waals surface area contributed by atoms with E-state index in [1.54, 1.807) is 0 Å². The first-order chi connectivity index (χ1) is 8.45. The summed E-state index contributed by atoms with van der Waals surface area (Å²) in [7, 11) is -3.60. The summed E-state index contributed by atoms with van der Waals surface area (Å²) in [6, 6.07) is 5.19. The Morgan fingerprint density at radius 3 is 2.32 bits per heavy atom. The molecule has 0 aliphatic heterocycles. The van der Waals surface area contributed by atoms with Crippen LogP contribution in [-0.2, 0) is 10.0 Å². The van der Waals surface area contributed by atoms with Gasteiger partial charge in [0.1, 0.15) is 12.4 Å². The molecule has 1 aromatic carbocycles. The van der Waals surface area contributed by atoms with Crippen molar-refractivity contribution in [2.75, 3.05) is 19.7 Å². The van der Waals surface area contributed by atoms with Crippen molar-refractivity contribution in [3.05, 3.63) is 24.3 Å². The number of nitrogens with two attached hydrogens (primary N) is 1. The minimum atomic E-state index is -3.60. The second-order valence-corrected chi connectivity index (χ2v) is 5.13. The number of rotatable bonds is 7. The van der Waals surface area contributed by atoms with Crippen molar-refractivity contribution < 1.29 is 21.9 Å². The highest BCUT2D eigenvalue weighted by Gasteiger charge is 2.13. The van der Waals surface area contributed by atoms with Crippen LogP contribution in [0.25, 0.3) is 0 Å². The third kappa shape index (κ3) is 6.15. The summed E-state index contributed by atoms with van der Waals surface area (Å²) in [4.78, 5) is 0.0281. The lowest BCUT2D eigenvalue weighted by Crippen LogP contribution is -2.29. The van der Waals surface area contributed by atoms with Gasteiger partial charge in [0, 0.05) is 13.1 Å². The monoisotopic (exact) mass is 316 g/mol. The molecule has 0 aromatic heterocycles. The van der Waals surface area contributed by atoms with Crippen LogP contribution < -0.4 is 15.2 Å². The molecule has 0 aliphatic rings. The average molecular weight is 317 g/mol. The van der Waals surface area contributed by atoms with E-state index in [1.165, 1.54) is 24.3 Å². The van der Waals surface area contributed by atoms with Gasteiger partial charge in [0.25, 0.3) is 6.43 Å². The molecule has 19 heavy (non-hydrogen) atoms. The van der Waals surface area contributed by atoms with Crippen LogP contribution in [0.15, 0.2) is 29.2 Å². The Hall–Kier alpha value is -0.960. The Balaban J connectivity index is 0.00000324. The first-order valence-corrected chi connectivity index (χ1v) is 6.65. The summed E-state index contributed by atoms with van der Waals surface area (Å²) in [5.41, 5.74) is 5.19. The van der Waals surface area contributed by atoms with Crippen molar-refractivity contribution in [3.63, 3.8) is 0 Å². The molecule has 0 bridgehead atoms. The Kier molecular flexibility index (Phi) is 7.84. The maximum atomic E-state index is 11.9. The average Bonchev–Trinajstić information content (AvgIpc) is 2.34. The molecule has 0 radical (unpaired) electrons. The zero-order valence-electron chi connectivity index (χ0n) is 9.88. The molecule has 0 saturated heterocycles. The summed E-state index contributed by atoms with van der Waals surface area (Å²) < 4.78 is 54.1. The second-order valence-electron chi connectivity index (χ2n) is 3.36. The molecule has 0 unspecified atom stereocenters. The third-order valence-electron chi connectivity index (χ3n) is 1.95. The number of benzene rings is 1. The number of ether oxygens (including phenoxy) is 1. The Morgan fingerprint density at radius 2 is 1.84 bits per heavy atom. The number of sulfonamides is 1. The van der Waals surface area contributed by atoms with E-state index in [2.05, 4.69) is 4.72 Å². The lowest BCUT2D eigenvalue weighted by atomic mass is 10.3. The van der Waals surface area contributed by atoms with Gasteiger partial charge in [0.05, 0.1) is 4.90 Å². The molecule has 110 valence electrons. The van der Waals surface area contributed by atoms with Gasteiger partial charge in [-0.25, -0.2) is 21.9 Å². The first kappa shape index (κ1) is 18.0. The molecule has 0 atom stereocenters. The number of nitrogens with one attached hydrogen (secondary N) is 1. The van der Waals surface area contributed by atoms with Crippen LogP contribution in [-0.4, -0.2) is 34.5 Å². The number of alkyl halides is 2. The van der Waals surface area contributed by atoms with Crippen LogP contribution in [0.4, 0.5) is 8.78 Å². The highest BCUT2D eigenvalue weighted by Crippen LogP contribution is 2.16. The molecule has 5 nitrogen and oxygen atoms in total. The van der Waals surface area contributed by atoms with E-state index < -0.39 is 23.1 Å². The van der Waals surface area contributed by atoms with E-state index in [9.17, 15) is 17.2 Å². The molecule has 0 amide bonds. The van der Waals surface area contributed by atoms with Gasteiger partial charge in [-0.2, -0.15) is 0 Å². The first-order valence-electron chi connectivity index (χ1n) is 5.16. The van der Waals surface area contributed by atoms with Crippen LogP contribution in [0.3, 0.4) is 0 Å².